The first-order chi connectivity index (χ1) is 15.9. The number of para-hydroxylation sites is 1. The van der Waals surface area contributed by atoms with E-state index in [4.69, 9.17) is 21.5 Å². The fourth-order valence-electron chi connectivity index (χ4n) is 4.31. The van der Waals surface area contributed by atoms with Gasteiger partial charge in [-0.1, -0.05) is 35.9 Å². The van der Waals surface area contributed by atoms with Gasteiger partial charge in [0.1, 0.15) is 17.8 Å². The molecule has 0 bridgehead atoms. The van der Waals surface area contributed by atoms with Crippen LogP contribution in [0, 0.1) is 11.7 Å². The van der Waals surface area contributed by atoms with Crippen LogP contribution in [0.3, 0.4) is 0 Å². The Bertz CT molecular complexity index is 1250. The van der Waals surface area contributed by atoms with Crippen LogP contribution in [0.25, 0.3) is 0 Å². The van der Waals surface area contributed by atoms with Gasteiger partial charge < -0.3 is 5.11 Å². The summed E-state index contributed by atoms with van der Waals surface area (Å²) in [6.45, 7) is 0. The molecule has 2 heterocycles. The topological polar surface area (TPSA) is 87.2 Å². The van der Waals surface area contributed by atoms with Crippen molar-refractivity contribution in [2.45, 2.75) is 12.1 Å². The smallest absolute Gasteiger partial charge is 0.335 e. The van der Waals surface area contributed by atoms with E-state index in [2.05, 4.69) is 0 Å². The van der Waals surface area contributed by atoms with Crippen molar-refractivity contribution in [3.63, 3.8) is 0 Å². The van der Waals surface area contributed by atoms with Crippen LogP contribution in [0.15, 0.2) is 72.8 Å². The number of halogens is 2. The van der Waals surface area contributed by atoms with Gasteiger partial charge in [-0.15, -0.1) is 0 Å². The number of carboxylic acid groups (broad SMARTS) is 1. The van der Waals surface area contributed by atoms with E-state index in [1.807, 2.05) is 0 Å². The van der Waals surface area contributed by atoms with Crippen molar-refractivity contribution < 1.29 is 28.7 Å². The zero-order valence-corrected chi connectivity index (χ0v) is 17.6. The van der Waals surface area contributed by atoms with Gasteiger partial charge in [-0.05, 0) is 48.5 Å². The summed E-state index contributed by atoms with van der Waals surface area (Å²) in [6.07, 6.45) is -1.20. The highest BCUT2D eigenvalue weighted by Crippen LogP contribution is 2.49. The number of hydrogen-bond donors (Lipinski definition) is 1. The lowest BCUT2D eigenvalue weighted by Crippen LogP contribution is -2.37. The van der Waals surface area contributed by atoms with Gasteiger partial charge in [0.05, 0.1) is 16.9 Å². The molecular formula is C24H16ClFN2O5. The Morgan fingerprint density at radius 1 is 0.909 bits per heavy atom. The van der Waals surface area contributed by atoms with E-state index in [9.17, 15) is 18.8 Å². The van der Waals surface area contributed by atoms with Crippen LogP contribution in [-0.4, -0.2) is 29.0 Å². The quantitative estimate of drug-likeness (QED) is 0.579. The molecule has 2 aliphatic rings. The molecule has 2 saturated heterocycles. The molecule has 3 atom stereocenters. The van der Waals surface area contributed by atoms with Crippen LogP contribution >= 0.6 is 11.6 Å². The standard InChI is InChI=1S/C24H16ClFN2O5/c25-16-7-4-8-17(26)18(16)20-19-21(33-28(20)15-5-2-1-3-6-15)23(30)27(22(19)29)14-11-9-13(10-12-14)24(31)32/h1-12,19-21H,(H,31,32). The number of benzene rings is 3. The van der Waals surface area contributed by atoms with Crippen molar-refractivity contribution in [3.05, 3.63) is 94.8 Å². The second-order valence-electron chi connectivity index (χ2n) is 7.66. The Labute approximate surface area is 192 Å². The molecule has 1 N–H and O–H groups in total. The van der Waals surface area contributed by atoms with Crippen LogP contribution in [-0.2, 0) is 14.4 Å². The molecule has 0 aliphatic carbocycles. The molecule has 2 aliphatic heterocycles. The van der Waals surface area contributed by atoms with E-state index in [0.717, 1.165) is 4.90 Å². The summed E-state index contributed by atoms with van der Waals surface area (Å²) in [6, 6.07) is 17.3. The van der Waals surface area contributed by atoms with Crippen LogP contribution in [0.4, 0.5) is 15.8 Å². The number of rotatable bonds is 4. The zero-order valence-electron chi connectivity index (χ0n) is 16.9. The third kappa shape index (κ3) is 3.35. The summed E-state index contributed by atoms with van der Waals surface area (Å²) in [4.78, 5) is 44.8. The highest BCUT2D eigenvalue weighted by Gasteiger charge is 2.61. The summed E-state index contributed by atoms with van der Waals surface area (Å²) in [5.41, 5.74) is 0.812. The minimum Gasteiger partial charge on any atom is -0.478 e. The molecule has 0 spiro atoms. The highest BCUT2D eigenvalue weighted by atomic mass is 35.5. The predicted octanol–water partition coefficient (Wildman–Crippen LogP) is 4.23. The molecule has 2 fully saturated rings. The van der Waals surface area contributed by atoms with Gasteiger partial charge in [0, 0.05) is 10.6 Å². The largest absolute Gasteiger partial charge is 0.478 e. The number of carboxylic acids is 1. The van der Waals surface area contributed by atoms with Gasteiger partial charge in [-0.25, -0.2) is 19.1 Å². The fourth-order valence-corrected chi connectivity index (χ4v) is 4.58. The van der Waals surface area contributed by atoms with E-state index in [1.54, 1.807) is 30.3 Å². The second-order valence-corrected chi connectivity index (χ2v) is 8.06. The summed E-state index contributed by atoms with van der Waals surface area (Å²) in [5, 5.41) is 10.6. The number of carbonyl (C=O) groups is 3. The third-order valence-electron chi connectivity index (χ3n) is 5.79. The summed E-state index contributed by atoms with van der Waals surface area (Å²) < 4.78 is 15.0. The number of fused-ring (bicyclic) bond motifs is 1. The lowest BCUT2D eigenvalue weighted by molar-refractivity contribution is -0.126. The van der Waals surface area contributed by atoms with Crippen molar-refractivity contribution in [3.8, 4) is 0 Å². The number of imide groups is 1. The van der Waals surface area contributed by atoms with E-state index in [-0.39, 0.29) is 21.8 Å². The highest BCUT2D eigenvalue weighted by molar-refractivity contribution is 6.31. The normalized spacial score (nSPS) is 22.1. The Morgan fingerprint density at radius 3 is 2.24 bits per heavy atom. The van der Waals surface area contributed by atoms with E-state index in [1.165, 1.54) is 47.5 Å². The third-order valence-corrected chi connectivity index (χ3v) is 6.12. The van der Waals surface area contributed by atoms with E-state index in [0.29, 0.717) is 5.69 Å². The molecule has 0 aromatic heterocycles. The number of amides is 2. The van der Waals surface area contributed by atoms with Gasteiger partial charge in [0.15, 0.2) is 6.10 Å². The molecule has 3 aromatic carbocycles. The van der Waals surface area contributed by atoms with Crippen molar-refractivity contribution in [2.24, 2.45) is 5.92 Å². The first-order valence-electron chi connectivity index (χ1n) is 10.0. The van der Waals surface area contributed by atoms with Gasteiger partial charge in [-0.3, -0.25) is 14.4 Å². The summed E-state index contributed by atoms with van der Waals surface area (Å²) in [7, 11) is 0. The Balaban J connectivity index is 1.59. The molecule has 3 unspecified atom stereocenters. The first kappa shape index (κ1) is 21.1. The number of aromatic carboxylic acids is 1. The molecule has 0 radical (unpaired) electrons. The van der Waals surface area contributed by atoms with Crippen molar-refractivity contribution >= 4 is 40.8 Å². The zero-order chi connectivity index (χ0) is 23.3. The fraction of sp³-hybridized carbons (Fsp3) is 0.125. The molecule has 3 aromatic rings. The van der Waals surface area contributed by atoms with Gasteiger partial charge in [-0.2, -0.15) is 0 Å². The second kappa shape index (κ2) is 7.99. The molecule has 0 saturated carbocycles. The Morgan fingerprint density at radius 2 is 1.61 bits per heavy atom. The van der Waals surface area contributed by atoms with Crippen LogP contribution < -0.4 is 9.96 Å². The number of anilines is 2. The minimum atomic E-state index is -1.20. The Kier molecular flexibility index (Phi) is 5.11. The van der Waals surface area contributed by atoms with Crippen LogP contribution in [0.2, 0.25) is 5.02 Å². The number of hydrogen-bond acceptors (Lipinski definition) is 5. The van der Waals surface area contributed by atoms with E-state index < -0.39 is 41.7 Å². The lowest BCUT2D eigenvalue weighted by atomic mass is 9.90. The maximum absolute atomic E-state index is 15.0. The van der Waals surface area contributed by atoms with Gasteiger partial charge in [0.2, 0.25) is 5.91 Å². The maximum atomic E-state index is 15.0. The monoisotopic (exact) mass is 466 g/mol. The molecule has 2 amide bonds. The summed E-state index contributed by atoms with van der Waals surface area (Å²) in [5.74, 6) is -4.03. The van der Waals surface area contributed by atoms with Gasteiger partial charge >= 0.3 is 5.97 Å². The number of hydroxylamine groups is 1. The molecule has 33 heavy (non-hydrogen) atoms. The average Bonchev–Trinajstić information content (AvgIpc) is 3.30. The molecule has 166 valence electrons. The van der Waals surface area contributed by atoms with Crippen molar-refractivity contribution in [1.82, 2.24) is 0 Å². The molecular weight excluding hydrogens is 451 g/mol. The van der Waals surface area contributed by atoms with E-state index >= 15 is 0 Å². The van der Waals surface area contributed by atoms with Crippen molar-refractivity contribution in [2.75, 3.05) is 9.96 Å². The maximum Gasteiger partial charge on any atom is 0.335 e. The molecule has 7 nitrogen and oxygen atoms in total. The summed E-state index contributed by atoms with van der Waals surface area (Å²) >= 11 is 6.35. The first-order valence-corrected chi connectivity index (χ1v) is 10.4. The van der Waals surface area contributed by atoms with Gasteiger partial charge in [0.25, 0.3) is 5.91 Å². The number of carbonyl (C=O) groups excluding carboxylic acids is 2. The number of nitrogens with zero attached hydrogens (tertiary/aromatic N) is 2. The SMILES string of the molecule is O=C(O)c1ccc(N2C(=O)C3ON(c4ccccc4)C(c4c(F)cccc4Cl)C3C2=O)cc1. The average molecular weight is 467 g/mol. The van der Waals surface area contributed by atoms with Crippen LogP contribution in [0.1, 0.15) is 22.0 Å². The lowest BCUT2D eigenvalue weighted by Gasteiger charge is -2.29. The molecule has 5 rings (SSSR count). The predicted molar refractivity (Wildman–Crippen MR) is 117 cm³/mol. The molecule has 9 heteroatoms. The Hall–Kier alpha value is -3.75. The van der Waals surface area contributed by atoms with Crippen LogP contribution in [0.5, 0.6) is 0 Å². The van der Waals surface area contributed by atoms with Crippen molar-refractivity contribution in [1.29, 1.82) is 0 Å². The minimum absolute atomic E-state index is 0.0144.